The van der Waals surface area contributed by atoms with Crippen LogP contribution in [-0.4, -0.2) is 23.2 Å². The first-order chi connectivity index (χ1) is 7.25. The molecule has 1 aliphatic heterocycles. The first-order valence-electron chi connectivity index (χ1n) is 5.21. The largest absolute Gasteiger partial charge is 1.00 e. The molecule has 1 aromatic carbocycles. The Kier molecular flexibility index (Phi) is 5.26. The summed E-state index contributed by atoms with van der Waals surface area (Å²) in [5.41, 5.74) is 1.29. The molecular formula is C12H14Cl2NO-. The minimum Gasteiger partial charge on any atom is -1.00 e. The topological polar surface area (TPSA) is 20.3 Å². The van der Waals surface area contributed by atoms with Gasteiger partial charge in [-0.05, 0) is 30.1 Å². The number of hydrogen-bond acceptors (Lipinski definition) is 2. The first kappa shape index (κ1) is 13.5. The molecule has 1 fully saturated rings. The van der Waals surface area contributed by atoms with Crippen molar-refractivity contribution in [3.8, 4) is 0 Å². The highest BCUT2D eigenvalue weighted by molar-refractivity contribution is 6.64. The fourth-order valence-electron chi connectivity index (χ4n) is 2.00. The molecule has 1 saturated heterocycles. The molecule has 0 N–H and O–H groups in total. The molecule has 0 aliphatic carbocycles. The van der Waals surface area contributed by atoms with Gasteiger partial charge in [-0.1, -0.05) is 30.3 Å². The predicted molar refractivity (Wildman–Crippen MR) is 60.7 cm³/mol. The average Bonchev–Trinajstić information content (AvgIpc) is 2.68. The third-order valence-corrected chi connectivity index (χ3v) is 3.15. The Balaban J connectivity index is 0.00000128. The second kappa shape index (κ2) is 6.24. The van der Waals surface area contributed by atoms with Gasteiger partial charge >= 0.3 is 0 Å². The van der Waals surface area contributed by atoms with Crippen LogP contribution < -0.4 is 12.4 Å². The molecule has 0 spiro atoms. The van der Waals surface area contributed by atoms with Crippen LogP contribution in [0.1, 0.15) is 12.0 Å². The van der Waals surface area contributed by atoms with Crippen LogP contribution in [0, 0.1) is 5.92 Å². The number of halogens is 2. The van der Waals surface area contributed by atoms with Gasteiger partial charge in [0, 0.05) is 19.0 Å². The van der Waals surface area contributed by atoms with Gasteiger partial charge in [0.05, 0.1) is 0 Å². The van der Waals surface area contributed by atoms with E-state index in [1.54, 1.807) is 0 Å². The van der Waals surface area contributed by atoms with Crippen LogP contribution in [0.2, 0.25) is 0 Å². The van der Waals surface area contributed by atoms with E-state index in [4.69, 9.17) is 11.6 Å². The van der Waals surface area contributed by atoms with Gasteiger partial charge < -0.3 is 12.4 Å². The predicted octanol–water partition coefficient (Wildman–Crippen LogP) is -0.722. The number of carbonyl (C=O) groups is 1. The van der Waals surface area contributed by atoms with E-state index in [0.717, 1.165) is 26.1 Å². The lowest BCUT2D eigenvalue weighted by Crippen LogP contribution is -3.00. The highest BCUT2D eigenvalue weighted by Crippen LogP contribution is 2.20. The molecule has 2 nitrogen and oxygen atoms in total. The van der Waals surface area contributed by atoms with Crippen molar-refractivity contribution in [3.63, 3.8) is 0 Å². The van der Waals surface area contributed by atoms with Crippen molar-refractivity contribution in [2.75, 3.05) is 13.1 Å². The van der Waals surface area contributed by atoms with Gasteiger partial charge in [0.25, 0.3) is 0 Å². The van der Waals surface area contributed by atoms with Crippen LogP contribution in [0.5, 0.6) is 0 Å². The molecule has 1 unspecified atom stereocenters. The number of hydrogen-bond donors (Lipinski definition) is 0. The van der Waals surface area contributed by atoms with Gasteiger partial charge in [-0.3, -0.25) is 9.69 Å². The van der Waals surface area contributed by atoms with E-state index in [0.29, 0.717) is 0 Å². The van der Waals surface area contributed by atoms with Gasteiger partial charge in [-0.2, -0.15) is 0 Å². The Morgan fingerprint density at radius 2 is 2.06 bits per heavy atom. The minimum absolute atomic E-state index is 0. The Labute approximate surface area is 107 Å². The third kappa shape index (κ3) is 3.48. The second-order valence-electron chi connectivity index (χ2n) is 4.01. The molecule has 0 bridgehead atoms. The second-order valence-corrected chi connectivity index (χ2v) is 4.38. The van der Waals surface area contributed by atoms with Crippen molar-refractivity contribution in [2.24, 2.45) is 5.92 Å². The van der Waals surface area contributed by atoms with Gasteiger partial charge in [-0.15, -0.1) is 0 Å². The van der Waals surface area contributed by atoms with Crippen molar-refractivity contribution >= 4 is 16.8 Å². The fourth-order valence-corrected chi connectivity index (χ4v) is 2.18. The number of nitrogens with zero attached hydrogens (tertiary/aromatic N) is 1. The van der Waals surface area contributed by atoms with Crippen molar-refractivity contribution in [3.05, 3.63) is 35.9 Å². The van der Waals surface area contributed by atoms with Crippen molar-refractivity contribution in [1.29, 1.82) is 0 Å². The maximum atomic E-state index is 11.0. The molecule has 16 heavy (non-hydrogen) atoms. The molecule has 2 rings (SSSR count). The number of likely N-dealkylation sites (tertiary alicyclic amines) is 1. The zero-order valence-electron chi connectivity index (χ0n) is 8.90. The van der Waals surface area contributed by atoms with Crippen LogP contribution in [0.25, 0.3) is 0 Å². The average molecular weight is 259 g/mol. The standard InChI is InChI=1S/C12H14ClNO.ClH/c13-12(15)11-6-7-14(9-11)8-10-4-2-1-3-5-10;/h1-5,11H,6-9H2;1H/p-1. The van der Waals surface area contributed by atoms with E-state index >= 15 is 0 Å². The van der Waals surface area contributed by atoms with E-state index < -0.39 is 0 Å². The SMILES string of the molecule is O=C(Cl)C1CCN(Cc2ccccc2)C1.[Cl-]. The lowest BCUT2D eigenvalue weighted by atomic mass is 10.1. The summed E-state index contributed by atoms with van der Waals surface area (Å²) in [5.74, 6) is 0.0374. The zero-order chi connectivity index (χ0) is 10.7. The molecule has 0 aromatic heterocycles. The van der Waals surface area contributed by atoms with Gasteiger partial charge in [0.2, 0.25) is 5.24 Å². The quantitative estimate of drug-likeness (QED) is 0.668. The fraction of sp³-hybridized carbons (Fsp3) is 0.417. The molecule has 1 aliphatic rings. The lowest BCUT2D eigenvalue weighted by Gasteiger charge is -2.14. The summed E-state index contributed by atoms with van der Waals surface area (Å²) in [7, 11) is 0. The van der Waals surface area contributed by atoms with Crippen molar-refractivity contribution in [1.82, 2.24) is 4.90 Å². The maximum Gasteiger partial charge on any atom is 0.226 e. The molecule has 4 heteroatoms. The molecule has 1 aromatic rings. The maximum absolute atomic E-state index is 11.0. The molecule has 1 atom stereocenters. The van der Waals surface area contributed by atoms with Crippen molar-refractivity contribution in [2.45, 2.75) is 13.0 Å². The van der Waals surface area contributed by atoms with Crippen LogP contribution in [0.15, 0.2) is 30.3 Å². The first-order valence-corrected chi connectivity index (χ1v) is 5.59. The van der Waals surface area contributed by atoms with Crippen LogP contribution in [-0.2, 0) is 11.3 Å². The third-order valence-electron chi connectivity index (χ3n) is 2.84. The van der Waals surface area contributed by atoms with E-state index in [2.05, 4.69) is 17.0 Å². The summed E-state index contributed by atoms with van der Waals surface area (Å²) in [6.07, 6.45) is 0.898. The molecule has 1 heterocycles. The Bertz CT molecular complexity index is 342. The summed E-state index contributed by atoms with van der Waals surface area (Å²) < 4.78 is 0. The van der Waals surface area contributed by atoms with Crippen molar-refractivity contribution < 1.29 is 17.2 Å². The summed E-state index contributed by atoms with van der Waals surface area (Å²) in [6, 6.07) is 10.3. The Hall–Kier alpha value is -0.570. The Morgan fingerprint density at radius 1 is 1.38 bits per heavy atom. The van der Waals surface area contributed by atoms with E-state index in [9.17, 15) is 4.79 Å². The highest BCUT2D eigenvalue weighted by atomic mass is 35.5. The molecular weight excluding hydrogens is 245 g/mol. The van der Waals surface area contributed by atoms with Gasteiger partial charge in [0.1, 0.15) is 0 Å². The summed E-state index contributed by atoms with van der Waals surface area (Å²) in [5, 5.41) is -0.189. The van der Waals surface area contributed by atoms with E-state index in [-0.39, 0.29) is 23.6 Å². The van der Waals surface area contributed by atoms with Crippen LogP contribution in [0.3, 0.4) is 0 Å². The van der Waals surface area contributed by atoms with Gasteiger partial charge in [-0.25, -0.2) is 0 Å². The van der Waals surface area contributed by atoms with E-state index in [1.165, 1.54) is 5.56 Å². The van der Waals surface area contributed by atoms with Crippen LogP contribution in [0.4, 0.5) is 0 Å². The summed E-state index contributed by atoms with van der Waals surface area (Å²) in [6.45, 7) is 2.69. The molecule has 0 radical (unpaired) electrons. The van der Waals surface area contributed by atoms with Gasteiger partial charge in [0.15, 0.2) is 0 Å². The molecule has 88 valence electrons. The minimum atomic E-state index is -0.189. The Morgan fingerprint density at radius 3 is 2.62 bits per heavy atom. The van der Waals surface area contributed by atoms with E-state index in [1.807, 2.05) is 18.2 Å². The number of benzene rings is 1. The zero-order valence-corrected chi connectivity index (χ0v) is 10.4. The highest BCUT2D eigenvalue weighted by Gasteiger charge is 2.26. The summed E-state index contributed by atoms with van der Waals surface area (Å²) in [4.78, 5) is 13.3. The normalized spacial score (nSPS) is 20.4. The monoisotopic (exact) mass is 258 g/mol. The number of rotatable bonds is 3. The molecule has 0 saturated carbocycles. The number of carbonyl (C=O) groups excluding carboxylic acids is 1. The lowest BCUT2D eigenvalue weighted by molar-refractivity contribution is -0.114. The van der Waals surface area contributed by atoms with Crippen LogP contribution >= 0.6 is 11.6 Å². The summed E-state index contributed by atoms with van der Waals surface area (Å²) >= 11 is 5.49. The smallest absolute Gasteiger partial charge is 0.226 e. The molecule has 0 amide bonds.